The van der Waals surface area contributed by atoms with Gasteiger partial charge in [0.1, 0.15) is 5.75 Å². The summed E-state index contributed by atoms with van der Waals surface area (Å²) < 4.78 is 0. The van der Waals surface area contributed by atoms with Crippen LogP contribution in [0.5, 0.6) is 5.75 Å². The second-order valence-electron chi connectivity index (χ2n) is 5.17. The summed E-state index contributed by atoms with van der Waals surface area (Å²) in [5.41, 5.74) is 0.140. The monoisotopic (exact) mass is 289 g/mol. The topological polar surface area (TPSA) is 90.4 Å². The van der Waals surface area contributed by atoms with Crippen molar-refractivity contribution in [2.24, 2.45) is 0 Å². The number of pyridine rings is 1. The number of aromatic hydroxyl groups is 1. The number of aromatic amines is 1. The van der Waals surface area contributed by atoms with Crippen molar-refractivity contribution in [1.82, 2.24) is 4.98 Å². The van der Waals surface area contributed by atoms with Crippen molar-refractivity contribution in [2.75, 3.05) is 0 Å². The van der Waals surface area contributed by atoms with E-state index in [1.54, 1.807) is 12.1 Å². The predicted molar refractivity (Wildman–Crippen MR) is 81.0 cm³/mol. The minimum Gasteiger partial charge on any atom is -0.506 e. The van der Waals surface area contributed by atoms with Crippen molar-refractivity contribution in [1.29, 1.82) is 0 Å². The van der Waals surface area contributed by atoms with Gasteiger partial charge in [-0.25, -0.2) is 4.79 Å². The zero-order valence-corrected chi connectivity index (χ0v) is 12.0. The molecule has 0 fully saturated rings. The number of aromatic nitrogens is 1. The van der Waals surface area contributed by atoms with Crippen LogP contribution in [-0.4, -0.2) is 21.2 Å². The predicted octanol–water partition coefficient (Wildman–Crippen LogP) is 3.05. The molecule has 2 rings (SSSR count). The quantitative estimate of drug-likeness (QED) is 0.713. The number of benzene rings is 1. The Morgan fingerprint density at radius 2 is 2.00 bits per heavy atom. The molecule has 21 heavy (non-hydrogen) atoms. The standard InChI is InChI=1S/C16H19NO4/c1-2-3-4-5-6-10-7-8-11-12(9-10)17-15(19)13(14(11)18)16(20)21/h7-9H,2-6H2,1H3,(H,20,21)(H2,17,18,19). The summed E-state index contributed by atoms with van der Waals surface area (Å²) in [6.45, 7) is 2.16. The number of aryl methyl sites for hydroxylation is 1. The van der Waals surface area contributed by atoms with Crippen LogP contribution < -0.4 is 5.56 Å². The molecule has 5 nitrogen and oxygen atoms in total. The Kier molecular flexibility index (Phi) is 4.62. The molecule has 0 aliphatic heterocycles. The molecule has 3 N–H and O–H groups in total. The lowest BCUT2D eigenvalue weighted by Crippen LogP contribution is -2.17. The summed E-state index contributed by atoms with van der Waals surface area (Å²) in [7, 11) is 0. The maximum Gasteiger partial charge on any atom is 0.345 e. The molecule has 0 radical (unpaired) electrons. The Bertz CT molecular complexity index is 718. The summed E-state index contributed by atoms with van der Waals surface area (Å²) in [6.07, 6.45) is 5.51. The highest BCUT2D eigenvalue weighted by molar-refractivity contribution is 5.98. The van der Waals surface area contributed by atoms with Gasteiger partial charge in [0.15, 0.2) is 5.56 Å². The molecule has 1 aromatic heterocycles. The maximum absolute atomic E-state index is 11.7. The van der Waals surface area contributed by atoms with Gasteiger partial charge in [-0.1, -0.05) is 32.3 Å². The minimum absolute atomic E-state index is 0.351. The Morgan fingerprint density at radius 3 is 2.67 bits per heavy atom. The third-order valence-corrected chi connectivity index (χ3v) is 3.58. The van der Waals surface area contributed by atoms with Gasteiger partial charge in [0.25, 0.3) is 5.56 Å². The van der Waals surface area contributed by atoms with Gasteiger partial charge in [0.2, 0.25) is 0 Å². The van der Waals surface area contributed by atoms with Crippen LogP contribution in [0.3, 0.4) is 0 Å². The molecule has 0 spiro atoms. The third-order valence-electron chi connectivity index (χ3n) is 3.58. The van der Waals surface area contributed by atoms with E-state index in [-0.39, 0.29) is 0 Å². The second kappa shape index (κ2) is 6.43. The molecule has 0 saturated carbocycles. The molecule has 1 heterocycles. The van der Waals surface area contributed by atoms with Crippen LogP contribution in [-0.2, 0) is 6.42 Å². The molecule has 1 aromatic carbocycles. The van der Waals surface area contributed by atoms with Gasteiger partial charge in [-0.05, 0) is 30.5 Å². The molecule has 0 bridgehead atoms. The molecule has 0 amide bonds. The second-order valence-corrected chi connectivity index (χ2v) is 5.17. The van der Waals surface area contributed by atoms with E-state index in [1.165, 1.54) is 12.8 Å². The fourth-order valence-electron chi connectivity index (χ4n) is 2.44. The van der Waals surface area contributed by atoms with Crippen LogP contribution in [0.2, 0.25) is 0 Å². The molecule has 112 valence electrons. The molecule has 5 heteroatoms. The van der Waals surface area contributed by atoms with E-state index in [0.717, 1.165) is 24.8 Å². The van der Waals surface area contributed by atoms with Crippen molar-refractivity contribution in [3.05, 3.63) is 39.7 Å². The van der Waals surface area contributed by atoms with Gasteiger partial charge >= 0.3 is 5.97 Å². The lowest BCUT2D eigenvalue weighted by Gasteiger charge is -2.07. The van der Waals surface area contributed by atoms with Crippen LogP contribution in [0, 0.1) is 0 Å². The zero-order chi connectivity index (χ0) is 15.4. The number of hydrogen-bond donors (Lipinski definition) is 3. The van der Waals surface area contributed by atoms with Gasteiger partial charge in [-0.3, -0.25) is 4.79 Å². The van der Waals surface area contributed by atoms with Crippen LogP contribution in [0.15, 0.2) is 23.0 Å². The van der Waals surface area contributed by atoms with Crippen LogP contribution in [0.4, 0.5) is 0 Å². The first-order valence-electron chi connectivity index (χ1n) is 7.15. The summed E-state index contributed by atoms with van der Waals surface area (Å²) in [4.78, 5) is 25.2. The Hall–Kier alpha value is -2.30. The molecule has 0 atom stereocenters. The number of aromatic carboxylic acids is 1. The van der Waals surface area contributed by atoms with Crippen LogP contribution in [0.1, 0.15) is 48.5 Å². The molecule has 2 aromatic rings. The number of hydrogen-bond acceptors (Lipinski definition) is 3. The fourth-order valence-corrected chi connectivity index (χ4v) is 2.44. The summed E-state index contributed by atoms with van der Waals surface area (Å²) >= 11 is 0. The van der Waals surface area contributed by atoms with Crippen molar-refractivity contribution in [2.45, 2.75) is 39.0 Å². The number of unbranched alkanes of at least 4 members (excludes halogenated alkanes) is 3. The maximum atomic E-state index is 11.7. The van der Waals surface area contributed by atoms with Gasteiger partial charge in [0, 0.05) is 5.39 Å². The fraction of sp³-hybridized carbons (Fsp3) is 0.375. The van der Waals surface area contributed by atoms with Crippen molar-refractivity contribution < 1.29 is 15.0 Å². The molecular formula is C16H19NO4. The minimum atomic E-state index is -1.43. The van der Waals surface area contributed by atoms with E-state index in [1.807, 2.05) is 6.07 Å². The number of H-pyrrole nitrogens is 1. The summed E-state index contributed by atoms with van der Waals surface area (Å²) in [5, 5.41) is 19.2. The van der Waals surface area contributed by atoms with Crippen LogP contribution in [0.25, 0.3) is 10.9 Å². The van der Waals surface area contributed by atoms with Gasteiger partial charge < -0.3 is 15.2 Å². The molecule has 0 unspecified atom stereocenters. The Labute approximate surface area is 122 Å². The SMILES string of the molecule is CCCCCCc1ccc2c(O)c(C(=O)O)c(=O)[nH]c2c1. The first-order chi connectivity index (χ1) is 10.0. The van der Waals surface area contributed by atoms with Gasteiger partial charge in [-0.15, -0.1) is 0 Å². The van der Waals surface area contributed by atoms with Crippen LogP contribution >= 0.6 is 0 Å². The number of carboxylic acid groups (broad SMARTS) is 1. The lowest BCUT2D eigenvalue weighted by molar-refractivity contribution is 0.0692. The number of carboxylic acids is 1. The van der Waals surface area contributed by atoms with E-state index < -0.39 is 22.8 Å². The Morgan fingerprint density at radius 1 is 1.24 bits per heavy atom. The molecular weight excluding hydrogens is 270 g/mol. The zero-order valence-electron chi connectivity index (χ0n) is 12.0. The highest BCUT2D eigenvalue weighted by atomic mass is 16.4. The summed E-state index contributed by atoms with van der Waals surface area (Å²) in [6, 6.07) is 5.31. The van der Waals surface area contributed by atoms with Crippen molar-refractivity contribution >= 4 is 16.9 Å². The first-order valence-corrected chi connectivity index (χ1v) is 7.15. The smallest absolute Gasteiger partial charge is 0.345 e. The molecule has 0 saturated heterocycles. The normalized spacial score (nSPS) is 10.9. The lowest BCUT2D eigenvalue weighted by atomic mass is 10.0. The number of rotatable bonds is 6. The third kappa shape index (κ3) is 3.24. The van der Waals surface area contributed by atoms with Crippen molar-refractivity contribution in [3.63, 3.8) is 0 Å². The van der Waals surface area contributed by atoms with Gasteiger partial charge in [0.05, 0.1) is 5.52 Å². The first kappa shape index (κ1) is 15.1. The number of carbonyl (C=O) groups is 1. The van der Waals surface area contributed by atoms with Gasteiger partial charge in [-0.2, -0.15) is 0 Å². The van der Waals surface area contributed by atoms with Crippen molar-refractivity contribution in [3.8, 4) is 5.75 Å². The average Bonchev–Trinajstić information content (AvgIpc) is 2.43. The highest BCUT2D eigenvalue weighted by Gasteiger charge is 2.18. The van der Waals surface area contributed by atoms with E-state index in [2.05, 4.69) is 11.9 Å². The van der Waals surface area contributed by atoms with E-state index in [0.29, 0.717) is 10.9 Å². The molecule has 0 aliphatic carbocycles. The number of nitrogens with one attached hydrogen (secondary N) is 1. The molecule has 0 aliphatic rings. The summed E-state index contributed by atoms with van der Waals surface area (Å²) in [5.74, 6) is -1.90. The van der Waals surface area contributed by atoms with E-state index in [4.69, 9.17) is 5.11 Å². The Balaban J connectivity index is 2.34. The average molecular weight is 289 g/mol. The highest BCUT2D eigenvalue weighted by Crippen LogP contribution is 2.26. The van der Waals surface area contributed by atoms with E-state index >= 15 is 0 Å². The number of fused-ring (bicyclic) bond motifs is 1. The van der Waals surface area contributed by atoms with E-state index in [9.17, 15) is 14.7 Å². The largest absolute Gasteiger partial charge is 0.506 e.